The van der Waals surface area contributed by atoms with E-state index >= 15 is 0 Å². The lowest BCUT2D eigenvalue weighted by Gasteiger charge is -2.31. The van der Waals surface area contributed by atoms with Crippen LogP contribution in [-0.4, -0.2) is 40.8 Å². The number of carbonyl (C=O) groups excluding carboxylic acids is 1. The number of fused-ring (bicyclic) bond motifs is 2. The van der Waals surface area contributed by atoms with Gasteiger partial charge in [-0.15, -0.1) is 0 Å². The molecule has 0 radical (unpaired) electrons. The zero-order valence-corrected chi connectivity index (χ0v) is 11.7. The molecule has 1 amide bonds. The summed E-state index contributed by atoms with van der Waals surface area (Å²) in [4.78, 5) is 14.4. The highest BCUT2D eigenvalue weighted by Gasteiger charge is 2.52. The SMILES string of the molecule is CC(C)(C)OC(=O)N1C2CCC1CC1(CC1)NC2. The molecule has 2 heterocycles. The van der Waals surface area contributed by atoms with Crippen molar-refractivity contribution in [3.63, 3.8) is 0 Å². The minimum absolute atomic E-state index is 0.116. The van der Waals surface area contributed by atoms with Crippen LogP contribution in [-0.2, 0) is 4.74 Å². The molecule has 102 valence electrons. The third kappa shape index (κ3) is 2.22. The van der Waals surface area contributed by atoms with E-state index in [0.717, 1.165) is 25.8 Å². The normalized spacial score (nSPS) is 33.4. The van der Waals surface area contributed by atoms with Crippen molar-refractivity contribution in [2.45, 2.75) is 76.1 Å². The summed E-state index contributed by atoms with van der Waals surface area (Å²) in [5.41, 5.74) is -0.0341. The lowest BCUT2D eigenvalue weighted by Crippen LogP contribution is -2.45. The summed E-state index contributed by atoms with van der Waals surface area (Å²) in [6.07, 6.45) is 5.81. The first kappa shape index (κ1) is 12.3. The van der Waals surface area contributed by atoms with Crippen molar-refractivity contribution in [1.29, 1.82) is 0 Å². The highest BCUT2D eigenvalue weighted by atomic mass is 16.6. The molecule has 3 fully saturated rings. The molecule has 3 aliphatic rings. The summed E-state index contributed by atoms with van der Waals surface area (Å²) in [5, 5.41) is 3.66. The van der Waals surface area contributed by atoms with E-state index in [2.05, 4.69) is 5.32 Å². The van der Waals surface area contributed by atoms with E-state index in [1.54, 1.807) is 0 Å². The molecule has 3 rings (SSSR count). The zero-order chi connectivity index (χ0) is 13.0. The van der Waals surface area contributed by atoms with E-state index in [-0.39, 0.29) is 6.09 Å². The Kier molecular flexibility index (Phi) is 2.63. The van der Waals surface area contributed by atoms with Crippen LogP contribution in [0.15, 0.2) is 0 Å². The maximum absolute atomic E-state index is 12.3. The first-order valence-corrected chi connectivity index (χ1v) is 7.15. The second-order valence-electron chi connectivity index (χ2n) is 7.14. The maximum atomic E-state index is 12.3. The lowest BCUT2D eigenvalue weighted by molar-refractivity contribution is 0.0159. The van der Waals surface area contributed by atoms with Crippen LogP contribution in [0.4, 0.5) is 4.79 Å². The second-order valence-corrected chi connectivity index (χ2v) is 7.14. The zero-order valence-electron chi connectivity index (χ0n) is 11.7. The molecule has 2 saturated heterocycles. The fraction of sp³-hybridized carbons (Fsp3) is 0.929. The van der Waals surface area contributed by atoms with Gasteiger partial charge in [0.1, 0.15) is 5.60 Å². The van der Waals surface area contributed by atoms with Gasteiger partial charge in [0, 0.05) is 24.2 Å². The average molecular weight is 252 g/mol. The Labute approximate surface area is 109 Å². The van der Waals surface area contributed by atoms with Crippen molar-refractivity contribution in [3.05, 3.63) is 0 Å². The van der Waals surface area contributed by atoms with Gasteiger partial charge in [0.15, 0.2) is 0 Å². The van der Waals surface area contributed by atoms with Crippen LogP contribution in [0.2, 0.25) is 0 Å². The van der Waals surface area contributed by atoms with Crippen molar-refractivity contribution >= 4 is 6.09 Å². The Balaban J connectivity index is 1.73. The minimum Gasteiger partial charge on any atom is -0.444 e. The molecule has 1 saturated carbocycles. The third-order valence-corrected chi connectivity index (χ3v) is 4.42. The smallest absolute Gasteiger partial charge is 0.410 e. The van der Waals surface area contributed by atoms with Gasteiger partial charge in [-0.05, 0) is 52.9 Å². The van der Waals surface area contributed by atoms with Gasteiger partial charge in [0.05, 0.1) is 0 Å². The van der Waals surface area contributed by atoms with E-state index in [1.165, 1.54) is 12.8 Å². The summed E-state index contributed by atoms with van der Waals surface area (Å²) >= 11 is 0. The van der Waals surface area contributed by atoms with E-state index in [0.29, 0.717) is 17.6 Å². The van der Waals surface area contributed by atoms with Crippen LogP contribution in [0.5, 0.6) is 0 Å². The van der Waals surface area contributed by atoms with Crippen LogP contribution in [0.25, 0.3) is 0 Å². The summed E-state index contributed by atoms with van der Waals surface area (Å²) in [6, 6.07) is 0.729. The van der Waals surface area contributed by atoms with Gasteiger partial charge in [0.2, 0.25) is 0 Å². The van der Waals surface area contributed by atoms with Crippen LogP contribution < -0.4 is 5.32 Å². The van der Waals surface area contributed by atoms with Crippen molar-refractivity contribution in [1.82, 2.24) is 10.2 Å². The molecule has 2 bridgehead atoms. The van der Waals surface area contributed by atoms with Gasteiger partial charge in [-0.2, -0.15) is 0 Å². The van der Waals surface area contributed by atoms with Crippen LogP contribution in [0, 0.1) is 0 Å². The quantitative estimate of drug-likeness (QED) is 0.719. The van der Waals surface area contributed by atoms with Gasteiger partial charge in [0.25, 0.3) is 0 Å². The van der Waals surface area contributed by atoms with Gasteiger partial charge in [-0.25, -0.2) is 4.79 Å². The number of rotatable bonds is 0. The number of nitrogens with zero attached hydrogens (tertiary/aromatic N) is 1. The summed E-state index contributed by atoms with van der Waals surface area (Å²) in [5.74, 6) is 0. The topological polar surface area (TPSA) is 41.6 Å². The Morgan fingerprint density at radius 3 is 2.56 bits per heavy atom. The van der Waals surface area contributed by atoms with Gasteiger partial charge >= 0.3 is 6.09 Å². The van der Waals surface area contributed by atoms with Crippen LogP contribution >= 0.6 is 0 Å². The lowest BCUT2D eigenvalue weighted by atomic mass is 10.0. The predicted octanol–water partition coefficient (Wildman–Crippen LogP) is 2.28. The first-order chi connectivity index (χ1) is 8.39. The highest BCUT2D eigenvalue weighted by molar-refractivity contribution is 5.69. The molecule has 1 N–H and O–H groups in total. The molecule has 1 aliphatic carbocycles. The van der Waals surface area contributed by atoms with Crippen molar-refractivity contribution < 1.29 is 9.53 Å². The number of hydrogen-bond acceptors (Lipinski definition) is 3. The standard InChI is InChI=1S/C14H24N2O2/c1-13(2,3)18-12(17)16-10-4-5-11(16)9-15-14(8-10)6-7-14/h10-11,15H,4-9H2,1-3H3. The van der Waals surface area contributed by atoms with Gasteiger partial charge < -0.3 is 15.0 Å². The molecule has 2 unspecified atom stereocenters. The third-order valence-electron chi connectivity index (χ3n) is 4.42. The largest absolute Gasteiger partial charge is 0.444 e. The number of carbonyl (C=O) groups is 1. The summed E-state index contributed by atoms with van der Waals surface area (Å²) < 4.78 is 5.56. The molecule has 1 spiro atoms. The Bertz CT molecular complexity index is 357. The van der Waals surface area contributed by atoms with E-state index in [1.807, 2.05) is 25.7 Å². The summed E-state index contributed by atoms with van der Waals surface area (Å²) in [6.45, 7) is 6.75. The fourth-order valence-electron chi connectivity index (χ4n) is 3.36. The van der Waals surface area contributed by atoms with Gasteiger partial charge in [-0.3, -0.25) is 0 Å². The maximum Gasteiger partial charge on any atom is 0.410 e. The molecular formula is C14H24N2O2. The monoisotopic (exact) mass is 252 g/mol. The number of hydrogen-bond donors (Lipinski definition) is 1. The first-order valence-electron chi connectivity index (χ1n) is 7.15. The van der Waals surface area contributed by atoms with E-state index in [4.69, 9.17) is 4.74 Å². The van der Waals surface area contributed by atoms with Crippen molar-refractivity contribution in [2.24, 2.45) is 0 Å². The molecule has 4 nitrogen and oxygen atoms in total. The highest BCUT2D eigenvalue weighted by Crippen LogP contribution is 2.45. The molecule has 0 aromatic heterocycles. The molecule has 2 atom stereocenters. The van der Waals surface area contributed by atoms with Crippen molar-refractivity contribution in [2.75, 3.05) is 6.54 Å². The number of ether oxygens (including phenoxy) is 1. The van der Waals surface area contributed by atoms with Crippen molar-refractivity contribution in [3.8, 4) is 0 Å². The second kappa shape index (κ2) is 3.86. The molecule has 0 aromatic rings. The van der Waals surface area contributed by atoms with Crippen LogP contribution in [0.3, 0.4) is 0 Å². The molecule has 18 heavy (non-hydrogen) atoms. The Hall–Kier alpha value is -0.770. The molecular weight excluding hydrogens is 228 g/mol. The summed E-state index contributed by atoms with van der Waals surface area (Å²) in [7, 11) is 0. The molecule has 0 aromatic carbocycles. The minimum atomic E-state index is -0.395. The molecule has 2 aliphatic heterocycles. The Morgan fingerprint density at radius 1 is 1.28 bits per heavy atom. The predicted molar refractivity (Wildman–Crippen MR) is 69.5 cm³/mol. The number of amides is 1. The molecule has 4 heteroatoms. The number of nitrogens with one attached hydrogen (secondary N) is 1. The average Bonchev–Trinajstić information content (AvgIpc) is 2.90. The Morgan fingerprint density at radius 2 is 1.94 bits per heavy atom. The van der Waals surface area contributed by atoms with Crippen LogP contribution in [0.1, 0.15) is 52.9 Å². The fourth-order valence-corrected chi connectivity index (χ4v) is 3.36. The van der Waals surface area contributed by atoms with Gasteiger partial charge in [-0.1, -0.05) is 0 Å². The van der Waals surface area contributed by atoms with E-state index in [9.17, 15) is 4.79 Å². The van der Waals surface area contributed by atoms with E-state index < -0.39 is 5.60 Å².